The van der Waals surface area contributed by atoms with Crippen molar-refractivity contribution in [1.82, 2.24) is 15.5 Å². The molecular formula is C32H35N3O6. The van der Waals surface area contributed by atoms with E-state index in [1.807, 2.05) is 66.5 Å². The van der Waals surface area contributed by atoms with Gasteiger partial charge in [0, 0.05) is 25.6 Å². The normalized spacial score (nSPS) is 18.4. The molecule has 2 amide bonds. The van der Waals surface area contributed by atoms with Gasteiger partial charge >= 0.3 is 12.1 Å². The number of nitrogens with one attached hydrogen (secondary N) is 2. The van der Waals surface area contributed by atoms with Crippen molar-refractivity contribution in [1.29, 1.82) is 0 Å². The largest absolute Gasteiger partial charge is 0.480 e. The van der Waals surface area contributed by atoms with E-state index in [9.17, 15) is 19.5 Å². The second-order valence-corrected chi connectivity index (χ2v) is 10.7. The molecule has 0 bridgehead atoms. The number of hydrogen-bond acceptors (Lipinski definition) is 6. The molecule has 3 N–H and O–H groups in total. The molecule has 1 fully saturated rings. The number of aliphatic carboxylic acids is 1. The predicted molar refractivity (Wildman–Crippen MR) is 153 cm³/mol. The molecule has 3 aromatic carbocycles. The summed E-state index contributed by atoms with van der Waals surface area (Å²) in [6.07, 6.45) is -0.534. The first-order valence-electron chi connectivity index (χ1n) is 13.8. The molecule has 214 valence electrons. The lowest BCUT2D eigenvalue weighted by Gasteiger charge is -2.23. The summed E-state index contributed by atoms with van der Waals surface area (Å²) in [6.45, 7) is 1.30. The third kappa shape index (κ3) is 6.93. The van der Waals surface area contributed by atoms with Crippen molar-refractivity contribution < 1.29 is 29.0 Å². The molecule has 9 nitrogen and oxygen atoms in total. The highest BCUT2D eigenvalue weighted by Gasteiger charge is 2.34. The van der Waals surface area contributed by atoms with Crippen LogP contribution in [0.3, 0.4) is 0 Å². The third-order valence-electron chi connectivity index (χ3n) is 7.67. The van der Waals surface area contributed by atoms with E-state index in [1.165, 1.54) is 0 Å². The molecule has 0 radical (unpaired) electrons. The zero-order valence-electron chi connectivity index (χ0n) is 23.0. The lowest BCUT2D eigenvalue weighted by molar-refractivity contribution is -0.143. The topological polar surface area (TPSA) is 117 Å². The van der Waals surface area contributed by atoms with Crippen LogP contribution in [0, 0.1) is 5.92 Å². The molecule has 0 spiro atoms. The Morgan fingerprint density at radius 3 is 2.27 bits per heavy atom. The zero-order valence-corrected chi connectivity index (χ0v) is 23.0. The summed E-state index contributed by atoms with van der Waals surface area (Å²) < 4.78 is 11.3. The summed E-state index contributed by atoms with van der Waals surface area (Å²) in [4.78, 5) is 39.1. The molecule has 0 aromatic heterocycles. The summed E-state index contributed by atoms with van der Waals surface area (Å²) in [5, 5.41) is 15.1. The molecule has 3 aromatic rings. The van der Waals surface area contributed by atoms with E-state index < -0.39 is 24.0 Å². The van der Waals surface area contributed by atoms with E-state index in [-0.39, 0.29) is 44.2 Å². The minimum absolute atomic E-state index is 0.0297. The van der Waals surface area contributed by atoms with E-state index in [4.69, 9.17) is 9.47 Å². The zero-order chi connectivity index (χ0) is 28.8. The SMILES string of the molecule is CN(Cc1ccccc1)CC(NC(=O)C1COC(CNC(=O)OCC2c3ccccc3-c3ccccc32)C1)C(=O)O. The Balaban J connectivity index is 1.06. The summed E-state index contributed by atoms with van der Waals surface area (Å²) in [5.41, 5.74) is 5.66. The number of carbonyl (C=O) groups excluding carboxylic acids is 2. The molecule has 3 unspecified atom stereocenters. The van der Waals surface area contributed by atoms with Crippen LogP contribution in [0.15, 0.2) is 78.9 Å². The summed E-state index contributed by atoms with van der Waals surface area (Å²) in [5.74, 6) is -1.98. The van der Waals surface area contributed by atoms with Crippen LogP contribution in [0.25, 0.3) is 11.1 Å². The number of nitrogens with zero attached hydrogens (tertiary/aromatic N) is 1. The van der Waals surface area contributed by atoms with Gasteiger partial charge in [-0.25, -0.2) is 9.59 Å². The van der Waals surface area contributed by atoms with Crippen molar-refractivity contribution in [3.8, 4) is 11.1 Å². The number of hydrogen-bond donors (Lipinski definition) is 3. The number of likely N-dealkylation sites (N-methyl/N-ethyl adjacent to an activating group) is 1. The predicted octanol–water partition coefficient (Wildman–Crippen LogP) is 3.63. The van der Waals surface area contributed by atoms with Gasteiger partial charge in [-0.1, -0.05) is 78.9 Å². The molecule has 2 aliphatic rings. The molecule has 1 heterocycles. The number of carboxylic acid groups (broad SMARTS) is 1. The average molecular weight is 558 g/mol. The number of amides is 2. The van der Waals surface area contributed by atoms with E-state index in [2.05, 4.69) is 34.9 Å². The Kier molecular flexibility index (Phi) is 8.96. The minimum Gasteiger partial charge on any atom is -0.480 e. The van der Waals surface area contributed by atoms with Gasteiger partial charge in [0.15, 0.2) is 0 Å². The maximum atomic E-state index is 12.8. The monoisotopic (exact) mass is 557 g/mol. The number of ether oxygens (including phenoxy) is 2. The van der Waals surface area contributed by atoms with Gasteiger partial charge in [0.05, 0.1) is 18.6 Å². The van der Waals surface area contributed by atoms with Gasteiger partial charge in [-0.3, -0.25) is 9.69 Å². The van der Waals surface area contributed by atoms with Crippen molar-refractivity contribution in [2.75, 3.05) is 33.4 Å². The first kappa shape index (κ1) is 28.3. The first-order valence-corrected chi connectivity index (χ1v) is 13.8. The Morgan fingerprint density at radius 1 is 0.976 bits per heavy atom. The fraction of sp³-hybridized carbons (Fsp3) is 0.344. The summed E-state index contributed by atoms with van der Waals surface area (Å²) in [6, 6.07) is 25.0. The minimum atomic E-state index is -1.09. The molecule has 9 heteroatoms. The van der Waals surface area contributed by atoms with Crippen LogP contribution >= 0.6 is 0 Å². The van der Waals surface area contributed by atoms with E-state index in [0.717, 1.165) is 27.8 Å². The highest BCUT2D eigenvalue weighted by Crippen LogP contribution is 2.44. The van der Waals surface area contributed by atoms with Gasteiger partial charge in [0.1, 0.15) is 12.6 Å². The molecule has 0 saturated carbocycles. The Hall–Kier alpha value is -4.21. The quantitative estimate of drug-likeness (QED) is 0.330. The fourth-order valence-electron chi connectivity index (χ4n) is 5.62. The Morgan fingerprint density at radius 2 is 1.61 bits per heavy atom. The second-order valence-electron chi connectivity index (χ2n) is 10.7. The summed E-state index contributed by atoms with van der Waals surface area (Å²) in [7, 11) is 1.82. The standard InChI is InChI=1S/C32H35N3O6/c1-35(17-21-9-3-2-4-10-21)18-29(31(37)38)34-30(36)22-15-23(40-19-22)16-33-32(39)41-20-28-26-13-7-5-11-24(26)25-12-6-8-14-27(25)28/h2-14,22-23,28-29H,15-20H2,1H3,(H,33,39)(H,34,36)(H,37,38). The number of alkyl carbamates (subject to hydrolysis) is 1. The van der Waals surface area contributed by atoms with E-state index >= 15 is 0 Å². The second kappa shape index (κ2) is 13.0. The fourth-order valence-corrected chi connectivity index (χ4v) is 5.62. The number of carbonyl (C=O) groups is 3. The van der Waals surface area contributed by atoms with Crippen molar-refractivity contribution in [3.05, 3.63) is 95.6 Å². The summed E-state index contributed by atoms with van der Waals surface area (Å²) >= 11 is 0. The lowest BCUT2D eigenvalue weighted by atomic mass is 9.98. The molecule has 1 saturated heterocycles. The van der Waals surface area contributed by atoms with Crippen molar-refractivity contribution in [2.24, 2.45) is 5.92 Å². The maximum absolute atomic E-state index is 12.8. The molecule has 3 atom stereocenters. The Labute approximate surface area is 239 Å². The Bertz CT molecular complexity index is 1340. The van der Waals surface area contributed by atoms with Gasteiger partial charge in [-0.2, -0.15) is 0 Å². The highest BCUT2D eigenvalue weighted by atomic mass is 16.5. The van der Waals surface area contributed by atoms with Crippen LogP contribution in [-0.2, 0) is 25.6 Å². The average Bonchev–Trinajstić information content (AvgIpc) is 3.58. The molecule has 1 aliphatic heterocycles. The number of benzene rings is 3. The van der Waals surface area contributed by atoms with Gasteiger partial charge in [0.25, 0.3) is 0 Å². The first-order chi connectivity index (χ1) is 19.9. The molecule has 1 aliphatic carbocycles. The van der Waals surface area contributed by atoms with Crippen LogP contribution in [0.5, 0.6) is 0 Å². The van der Waals surface area contributed by atoms with Crippen molar-refractivity contribution in [3.63, 3.8) is 0 Å². The number of carboxylic acids is 1. The van der Waals surface area contributed by atoms with Gasteiger partial charge in [-0.15, -0.1) is 0 Å². The van der Waals surface area contributed by atoms with Gasteiger partial charge in [0.2, 0.25) is 5.91 Å². The van der Waals surface area contributed by atoms with Crippen LogP contribution < -0.4 is 10.6 Å². The van der Waals surface area contributed by atoms with Gasteiger partial charge < -0.3 is 25.2 Å². The van der Waals surface area contributed by atoms with Crippen molar-refractivity contribution >= 4 is 18.0 Å². The van der Waals surface area contributed by atoms with Crippen molar-refractivity contribution in [2.45, 2.75) is 31.0 Å². The number of fused-ring (bicyclic) bond motifs is 3. The number of rotatable bonds is 11. The smallest absolute Gasteiger partial charge is 0.407 e. The maximum Gasteiger partial charge on any atom is 0.407 e. The molecule has 5 rings (SSSR count). The van der Waals surface area contributed by atoms with Crippen LogP contribution in [-0.4, -0.2) is 73.5 Å². The van der Waals surface area contributed by atoms with Gasteiger partial charge in [-0.05, 0) is 41.3 Å². The highest BCUT2D eigenvalue weighted by molar-refractivity contribution is 5.85. The van der Waals surface area contributed by atoms with Crippen LogP contribution in [0.2, 0.25) is 0 Å². The van der Waals surface area contributed by atoms with Crippen LogP contribution in [0.1, 0.15) is 29.0 Å². The van der Waals surface area contributed by atoms with E-state index in [0.29, 0.717) is 13.0 Å². The molecular weight excluding hydrogens is 522 g/mol. The lowest BCUT2D eigenvalue weighted by Crippen LogP contribution is -2.49. The molecule has 41 heavy (non-hydrogen) atoms. The third-order valence-corrected chi connectivity index (χ3v) is 7.67. The van der Waals surface area contributed by atoms with E-state index in [1.54, 1.807) is 0 Å². The van der Waals surface area contributed by atoms with Crippen LogP contribution in [0.4, 0.5) is 4.79 Å².